The third-order valence-electron chi connectivity index (χ3n) is 21.0. The lowest BCUT2D eigenvalue weighted by Gasteiger charge is -2.51. The largest absolute Gasteiger partial charge is 0.465 e. The van der Waals surface area contributed by atoms with E-state index in [1.807, 2.05) is 27.7 Å². The predicted molar refractivity (Wildman–Crippen MR) is 407 cm³/mol. The number of nitrogens with one attached hydrogen (secondary N) is 1. The van der Waals surface area contributed by atoms with E-state index in [9.17, 15) is 33.6 Å². The number of benzene rings is 4. The van der Waals surface area contributed by atoms with E-state index >= 15 is 0 Å². The first-order chi connectivity index (χ1) is 50.9. The van der Waals surface area contributed by atoms with Crippen LogP contribution in [0.15, 0.2) is 121 Å². The fourth-order valence-corrected chi connectivity index (χ4v) is 14.5. The molecule has 0 saturated carbocycles. The van der Waals surface area contributed by atoms with Crippen LogP contribution in [0.2, 0.25) is 0 Å². The van der Waals surface area contributed by atoms with Crippen LogP contribution in [0.25, 0.3) is 0 Å². The van der Waals surface area contributed by atoms with Gasteiger partial charge in [0.1, 0.15) is 31.0 Å². The second kappa shape index (κ2) is 49.1. The zero-order chi connectivity index (χ0) is 75.6. The summed E-state index contributed by atoms with van der Waals surface area (Å²) in [5, 5.41) is 3.21. The molecule has 0 bridgehead atoms. The molecule has 2 fully saturated rings. The molecule has 14 atom stereocenters. The number of carbonyl (C=O) groups excluding carboxylic acids is 7. The molecule has 2 heterocycles. The van der Waals surface area contributed by atoms with Gasteiger partial charge in [0.25, 0.3) is 5.79 Å². The van der Waals surface area contributed by atoms with Gasteiger partial charge in [-0.15, -0.1) is 0 Å². The topological polar surface area (TPSA) is 224 Å². The van der Waals surface area contributed by atoms with Crippen molar-refractivity contribution in [3.8, 4) is 0 Å². The van der Waals surface area contributed by atoms with Crippen molar-refractivity contribution in [1.29, 1.82) is 0 Å². The van der Waals surface area contributed by atoms with Crippen molar-refractivity contribution < 1.29 is 80.9 Å². The van der Waals surface area contributed by atoms with Gasteiger partial charge in [0.15, 0.2) is 18.5 Å². The molecule has 2 aliphatic rings. The summed E-state index contributed by atoms with van der Waals surface area (Å²) in [6.45, 7) is 14.4. The van der Waals surface area contributed by atoms with Crippen LogP contribution >= 0.6 is 0 Å². The van der Waals surface area contributed by atoms with Crippen molar-refractivity contribution in [2.45, 2.75) is 315 Å². The Morgan fingerprint density at radius 2 is 0.952 bits per heavy atom. The van der Waals surface area contributed by atoms with Gasteiger partial charge in [-0.05, 0) is 86.1 Å². The molecule has 3 unspecified atom stereocenters. The molecule has 2 aliphatic heterocycles. The fraction of sp³-hybridized carbons (Fsp3) is 0.644. The molecule has 0 aliphatic carbocycles. The molecule has 0 radical (unpaired) electrons. The minimum atomic E-state index is -2.21. The summed E-state index contributed by atoms with van der Waals surface area (Å²) in [7, 11) is 1.22. The quantitative estimate of drug-likeness (QED) is 0.0246. The van der Waals surface area contributed by atoms with Crippen LogP contribution in [-0.4, -0.2) is 123 Å². The highest BCUT2D eigenvalue weighted by Crippen LogP contribution is 2.46. The van der Waals surface area contributed by atoms with Gasteiger partial charge in [0, 0.05) is 31.6 Å². The van der Waals surface area contributed by atoms with Gasteiger partial charge in [0.05, 0.1) is 48.1 Å². The Balaban J connectivity index is 1.42. The summed E-state index contributed by atoms with van der Waals surface area (Å²) in [6, 6.07) is 32.4. The maximum atomic E-state index is 14.9. The Hall–Kier alpha value is -6.99. The van der Waals surface area contributed by atoms with Crippen LogP contribution in [-0.2, 0) is 61.8 Å². The maximum Gasteiger partial charge on any atom is 0.366 e. The van der Waals surface area contributed by atoms with E-state index in [1.54, 1.807) is 128 Å². The van der Waals surface area contributed by atoms with Crippen molar-refractivity contribution in [2.24, 2.45) is 23.7 Å². The minimum absolute atomic E-state index is 0.0404. The van der Waals surface area contributed by atoms with Gasteiger partial charge >= 0.3 is 35.8 Å². The summed E-state index contributed by atoms with van der Waals surface area (Å²) in [5.41, 5.74) is 0.892. The Morgan fingerprint density at radius 3 is 1.41 bits per heavy atom. The molecular weight excluding hydrogens is 1330 g/mol. The summed E-state index contributed by atoms with van der Waals surface area (Å²) < 4.78 is 65.7. The van der Waals surface area contributed by atoms with E-state index in [0.29, 0.717) is 19.3 Å². The number of hydrogen-bond donors (Lipinski definition) is 1. The third-order valence-corrected chi connectivity index (χ3v) is 21.0. The van der Waals surface area contributed by atoms with Gasteiger partial charge in [-0.2, -0.15) is 0 Å². The summed E-state index contributed by atoms with van der Waals surface area (Å²) >= 11 is 0. The fourth-order valence-electron chi connectivity index (χ4n) is 14.5. The second-order valence-corrected chi connectivity index (χ2v) is 29.4. The highest BCUT2D eigenvalue weighted by atomic mass is 16.8. The number of carbonyl (C=O) groups is 7. The van der Waals surface area contributed by atoms with E-state index < -0.39 is 122 Å². The van der Waals surface area contributed by atoms with Crippen LogP contribution < -0.4 is 5.32 Å². The minimum Gasteiger partial charge on any atom is -0.465 e. The molecule has 1 amide bonds. The average molecular weight is 1460 g/mol. The van der Waals surface area contributed by atoms with Gasteiger partial charge in [-0.25, -0.2) is 24.0 Å². The molecule has 4 aromatic carbocycles. The smallest absolute Gasteiger partial charge is 0.366 e. The zero-order valence-electron chi connectivity index (χ0n) is 64.8. The number of ether oxygens (including phenoxy) is 10. The van der Waals surface area contributed by atoms with Gasteiger partial charge in [-0.3, -0.25) is 9.59 Å². The number of unbranched alkanes of at least 4 members (excludes halogenated alkanes) is 25. The number of methoxy groups -OCH3 is 1. The Kier molecular flexibility index (Phi) is 40.6. The second-order valence-electron chi connectivity index (χ2n) is 29.4. The normalized spacial score (nSPS) is 21.5. The van der Waals surface area contributed by atoms with E-state index in [0.717, 1.165) is 57.8 Å². The monoisotopic (exact) mass is 1460 g/mol. The van der Waals surface area contributed by atoms with Gasteiger partial charge < -0.3 is 52.7 Å². The highest BCUT2D eigenvalue weighted by Gasteiger charge is 2.59. The number of amides is 1. The lowest BCUT2D eigenvalue weighted by atomic mass is 9.76. The maximum absolute atomic E-state index is 14.9. The van der Waals surface area contributed by atoms with E-state index in [1.165, 1.54) is 117 Å². The molecule has 1 N–H and O–H groups in total. The van der Waals surface area contributed by atoms with Crippen LogP contribution in [0.4, 0.5) is 0 Å². The van der Waals surface area contributed by atoms with Gasteiger partial charge in [-0.1, -0.05) is 282 Å². The molecule has 18 heteroatoms. The molecule has 105 heavy (non-hydrogen) atoms. The van der Waals surface area contributed by atoms with Crippen molar-refractivity contribution in [2.75, 3.05) is 20.3 Å². The number of rotatable bonds is 51. The van der Waals surface area contributed by atoms with Crippen molar-refractivity contribution in [1.82, 2.24) is 5.32 Å². The SMILES string of the molecule is CCCCCCCCCCCCCCCCCC(=O)N[C@@H](CO[C@@H]1OC(COC(=O)c2ccccc2)[C@H](C)[C@H](O[C@]2(C(=O)OC)CC(C)[C@@H](C)[C@H]([C@H](C)[C@@H](CC)OC(C)=O)O2)C1OC(=O)c1ccccc1)[C@H](OC(=O)c1ccccc1)[C@@H](CCCCCCCCCCCCCC)OC(=O)c1ccccc1. The van der Waals surface area contributed by atoms with Crippen LogP contribution in [0.5, 0.6) is 0 Å². The first-order valence-electron chi connectivity index (χ1n) is 40.1. The van der Waals surface area contributed by atoms with Crippen molar-refractivity contribution in [3.63, 3.8) is 0 Å². The summed E-state index contributed by atoms with van der Waals surface area (Å²) in [4.78, 5) is 101. The van der Waals surface area contributed by atoms with Crippen LogP contribution in [0.3, 0.4) is 0 Å². The number of esters is 6. The molecule has 0 spiro atoms. The van der Waals surface area contributed by atoms with Crippen molar-refractivity contribution in [3.05, 3.63) is 144 Å². The molecule has 2 saturated heterocycles. The molecule has 6 rings (SSSR count). The van der Waals surface area contributed by atoms with Gasteiger partial charge in [0.2, 0.25) is 5.91 Å². The first kappa shape index (κ1) is 86.9. The van der Waals surface area contributed by atoms with Crippen LogP contribution in [0, 0.1) is 23.7 Å². The molecular formula is C87H127NO17. The van der Waals surface area contributed by atoms with E-state index in [4.69, 9.17) is 47.4 Å². The van der Waals surface area contributed by atoms with Crippen LogP contribution in [0.1, 0.15) is 296 Å². The predicted octanol–water partition coefficient (Wildman–Crippen LogP) is 19.0. The number of hydrogen-bond acceptors (Lipinski definition) is 17. The summed E-state index contributed by atoms with van der Waals surface area (Å²) in [5.74, 6) is -8.74. The Labute approximate surface area is 627 Å². The summed E-state index contributed by atoms with van der Waals surface area (Å²) in [6.07, 6.45) is 21.1. The lowest BCUT2D eigenvalue weighted by molar-refractivity contribution is -0.361. The van der Waals surface area contributed by atoms with E-state index in [-0.39, 0.29) is 59.3 Å². The third kappa shape index (κ3) is 29.9. The lowest BCUT2D eigenvalue weighted by Crippen LogP contribution is -2.65. The molecule has 0 aromatic heterocycles. The van der Waals surface area contributed by atoms with Crippen molar-refractivity contribution >= 4 is 41.7 Å². The molecule has 4 aromatic rings. The first-order valence-corrected chi connectivity index (χ1v) is 40.1. The zero-order valence-corrected chi connectivity index (χ0v) is 64.8. The highest BCUT2D eigenvalue weighted by molar-refractivity contribution is 5.91. The standard InChI is InChI=1S/C87H127NO17/c1-10-13-15-17-19-21-23-25-26-27-29-31-33-35-49-59-76(90)88-72(79(102-83(93)70-54-44-38-45-55-70)74(100-82(92)69-52-42-37-43-53-69)58-48-34-32-30-28-24-22-20-18-16-14-11-2)61-98-85-80(103-84(94)71-56-46-39-47-57-71)78(66(7)75(101-85)62-97-81(91)68-50-40-36-41-51-68)105-87(86(95)96-9)60-63(4)64(5)77(104-87)65(6)73(12-3)99-67(8)89/h36-47,50-57,63-66,72-75,77-80,85H,10-35,48-49,58-62H2,1-9H3,(H,88,90)/t63?,64-,65-,66+,72+,73-,74-,75?,77-,78+,79+,80?,85-,87+/m1/s1. The average Bonchev–Trinajstić information content (AvgIpc) is 0.752. The molecule has 18 nitrogen and oxygen atoms in total. The van der Waals surface area contributed by atoms with E-state index in [2.05, 4.69) is 19.2 Å². The Morgan fingerprint density at radius 1 is 0.514 bits per heavy atom. The Bertz CT molecular complexity index is 3100. The molecule has 582 valence electrons.